The molecule has 0 aromatic heterocycles. The number of nitro groups is 1. The van der Waals surface area contributed by atoms with Crippen molar-refractivity contribution >= 4 is 23.5 Å². The summed E-state index contributed by atoms with van der Waals surface area (Å²) >= 11 is 0. The van der Waals surface area contributed by atoms with Gasteiger partial charge in [0.05, 0.1) is 18.5 Å². The lowest BCUT2D eigenvalue weighted by Gasteiger charge is -2.22. The van der Waals surface area contributed by atoms with Crippen LogP contribution in [0.2, 0.25) is 0 Å². The Bertz CT molecular complexity index is 614. The Hall–Kier alpha value is -2.97. The SMILES string of the molecule is COC(=O)CCN(CCNC(C)=O)C(=O)c1ccc([N+](=O)[O-])cc1. The molecule has 0 atom stereocenters. The maximum atomic E-state index is 12.5. The molecule has 0 spiro atoms. The first kappa shape index (κ1) is 19.1. The molecule has 0 saturated carbocycles. The lowest BCUT2D eigenvalue weighted by molar-refractivity contribution is -0.384. The van der Waals surface area contributed by atoms with Crippen molar-refractivity contribution in [1.82, 2.24) is 10.2 Å². The van der Waals surface area contributed by atoms with Gasteiger partial charge in [0, 0.05) is 44.3 Å². The van der Waals surface area contributed by atoms with Crippen molar-refractivity contribution in [1.29, 1.82) is 0 Å². The van der Waals surface area contributed by atoms with E-state index in [9.17, 15) is 24.5 Å². The molecule has 0 aliphatic carbocycles. The van der Waals surface area contributed by atoms with Crippen LogP contribution in [0.25, 0.3) is 0 Å². The number of carbonyl (C=O) groups is 3. The first-order valence-corrected chi connectivity index (χ1v) is 7.20. The normalized spacial score (nSPS) is 9.92. The third kappa shape index (κ3) is 6.03. The number of ether oxygens (including phenoxy) is 1. The fraction of sp³-hybridized carbons (Fsp3) is 0.400. The Morgan fingerprint density at radius 3 is 2.33 bits per heavy atom. The van der Waals surface area contributed by atoms with Gasteiger partial charge >= 0.3 is 5.97 Å². The highest BCUT2D eigenvalue weighted by atomic mass is 16.6. The molecule has 130 valence electrons. The van der Waals surface area contributed by atoms with Crippen LogP contribution in [0.1, 0.15) is 23.7 Å². The molecule has 1 N–H and O–H groups in total. The summed E-state index contributed by atoms with van der Waals surface area (Å²) in [6, 6.07) is 5.17. The molecule has 9 heteroatoms. The van der Waals surface area contributed by atoms with Crippen molar-refractivity contribution in [2.45, 2.75) is 13.3 Å². The lowest BCUT2D eigenvalue weighted by Crippen LogP contribution is -2.39. The highest BCUT2D eigenvalue weighted by molar-refractivity contribution is 5.94. The molecule has 9 nitrogen and oxygen atoms in total. The van der Waals surface area contributed by atoms with E-state index in [4.69, 9.17) is 0 Å². The molecule has 0 aliphatic heterocycles. The van der Waals surface area contributed by atoms with E-state index in [-0.39, 0.29) is 49.1 Å². The number of hydrogen-bond acceptors (Lipinski definition) is 6. The van der Waals surface area contributed by atoms with E-state index < -0.39 is 10.9 Å². The summed E-state index contributed by atoms with van der Waals surface area (Å²) in [5.41, 5.74) is 0.138. The van der Waals surface area contributed by atoms with Gasteiger partial charge < -0.3 is 15.0 Å². The minimum Gasteiger partial charge on any atom is -0.469 e. The molecule has 0 bridgehead atoms. The molecule has 0 unspecified atom stereocenters. The second-order valence-electron chi connectivity index (χ2n) is 4.91. The van der Waals surface area contributed by atoms with Crippen LogP contribution < -0.4 is 5.32 Å². The number of carbonyl (C=O) groups excluding carboxylic acids is 3. The molecule has 0 radical (unpaired) electrons. The zero-order valence-corrected chi connectivity index (χ0v) is 13.5. The second kappa shape index (κ2) is 9.23. The topological polar surface area (TPSA) is 119 Å². The van der Waals surface area contributed by atoms with Gasteiger partial charge in [-0.15, -0.1) is 0 Å². The summed E-state index contributed by atoms with van der Waals surface area (Å²) in [6.07, 6.45) is 0.00922. The number of amides is 2. The van der Waals surface area contributed by atoms with Gasteiger partial charge in [-0.1, -0.05) is 0 Å². The lowest BCUT2D eigenvalue weighted by atomic mass is 10.1. The van der Waals surface area contributed by atoms with E-state index in [0.717, 1.165) is 0 Å². The van der Waals surface area contributed by atoms with Gasteiger partial charge in [0.15, 0.2) is 0 Å². The van der Waals surface area contributed by atoms with E-state index in [1.165, 1.54) is 43.2 Å². The molecule has 1 rings (SSSR count). The Morgan fingerprint density at radius 1 is 1.21 bits per heavy atom. The number of hydrogen-bond donors (Lipinski definition) is 1. The Labute approximate surface area is 138 Å². The van der Waals surface area contributed by atoms with E-state index >= 15 is 0 Å². The maximum absolute atomic E-state index is 12.5. The van der Waals surface area contributed by atoms with Crippen molar-refractivity contribution in [2.24, 2.45) is 0 Å². The summed E-state index contributed by atoms with van der Waals surface area (Å²) < 4.78 is 4.55. The molecule has 0 saturated heterocycles. The number of non-ortho nitro benzene ring substituents is 1. The highest BCUT2D eigenvalue weighted by Gasteiger charge is 2.18. The summed E-state index contributed by atoms with van der Waals surface area (Å²) in [6.45, 7) is 1.90. The molecule has 0 heterocycles. The van der Waals surface area contributed by atoms with Gasteiger partial charge in [-0.25, -0.2) is 0 Å². The van der Waals surface area contributed by atoms with Crippen molar-refractivity contribution in [3.8, 4) is 0 Å². The van der Waals surface area contributed by atoms with E-state index in [0.29, 0.717) is 0 Å². The van der Waals surface area contributed by atoms with Crippen LogP contribution in [-0.2, 0) is 14.3 Å². The first-order valence-electron chi connectivity index (χ1n) is 7.20. The highest BCUT2D eigenvalue weighted by Crippen LogP contribution is 2.13. The number of esters is 1. The van der Waals surface area contributed by atoms with Gasteiger partial charge in [0.2, 0.25) is 5.91 Å². The first-order chi connectivity index (χ1) is 11.3. The predicted octanol–water partition coefficient (Wildman–Crippen LogP) is 0.736. The third-order valence-electron chi connectivity index (χ3n) is 3.18. The molecule has 0 aliphatic rings. The Morgan fingerprint density at radius 2 is 1.83 bits per heavy atom. The molecule has 0 fully saturated rings. The summed E-state index contributed by atoms with van der Waals surface area (Å²) in [7, 11) is 1.25. The van der Waals surface area contributed by atoms with Crippen LogP contribution in [0.3, 0.4) is 0 Å². The summed E-state index contributed by atoms with van der Waals surface area (Å²) in [5.74, 6) is -1.08. The van der Waals surface area contributed by atoms with Gasteiger partial charge in [-0.05, 0) is 12.1 Å². The number of nitro benzene ring substituents is 1. The van der Waals surface area contributed by atoms with E-state index in [2.05, 4.69) is 10.1 Å². The Kier molecular flexibility index (Phi) is 7.34. The molecule has 2 amide bonds. The number of nitrogens with one attached hydrogen (secondary N) is 1. The van der Waals surface area contributed by atoms with Gasteiger partial charge in [0.25, 0.3) is 11.6 Å². The molecule has 24 heavy (non-hydrogen) atoms. The maximum Gasteiger partial charge on any atom is 0.307 e. The monoisotopic (exact) mass is 337 g/mol. The predicted molar refractivity (Wildman–Crippen MR) is 84.3 cm³/mol. The second-order valence-corrected chi connectivity index (χ2v) is 4.91. The van der Waals surface area contributed by atoms with Crippen LogP contribution >= 0.6 is 0 Å². The summed E-state index contributed by atoms with van der Waals surface area (Å²) in [4.78, 5) is 46.2. The average Bonchev–Trinajstić information content (AvgIpc) is 2.56. The quantitative estimate of drug-likeness (QED) is 0.424. The van der Waals surface area contributed by atoms with E-state index in [1.807, 2.05) is 0 Å². The minimum absolute atomic E-state index is 0.00922. The summed E-state index contributed by atoms with van der Waals surface area (Å²) in [5, 5.41) is 13.2. The van der Waals surface area contributed by atoms with Gasteiger partial charge in [-0.3, -0.25) is 24.5 Å². The molecule has 1 aromatic carbocycles. The largest absolute Gasteiger partial charge is 0.469 e. The zero-order chi connectivity index (χ0) is 18.1. The number of benzene rings is 1. The van der Waals surface area contributed by atoms with Crippen LogP contribution in [0.4, 0.5) is 5.69 Å². The van der Waals surface area contributed by atoms with Crippen molar-refractivity contribution < 1.29 is 24.0 Å². The zero-order valence-electron chi connectivity index (χ0n) is 13.5. The van der Waals surface area contributed by atoms with Crippen LogP contribution in [0.5, 0.6) is 0 Å². The fourth-order valence-corrected chi connectivity index (χ4v) is 1.92. The standard InChI is InChI=1S/C15H19N3O6/c1-11(19)16-8-10-17(9-7-14(20)24-2)15(21)12-3-5-13(6-4-12)18(22)23/h3-6H,7-10H2,1-2H3,(H,16,19). The minimum atomic E-state index is -0.555. The van der Waals surface area contributed by atoms with Crippen LogP contribution in [0, 0.1) is 10.1 Å². The van der Waals surface area contributed by atoms with Crippen molar-refractivity contribution in [3.63, 3.8) is 0 Å². The van der Waals surface area contributed by atoms with Crippen molar-refractivity contribution in [3.05, 3.63) is 39.9 Å². The third-order valence-corrected chi connectivity index (χ3v) is 3.18. The Balaban J connectivity index is 2.81. The molecule has 1 aromatic rings. The van der Waals surface area contributed by atoms with Crippen LogP contribution in [-0.4, -0.2) is 54.4 Å². The molecular formula is C15H19N3O6. The average molecular weight is 337 g/mol. The molecular weight excluding hydrogens is 318 g/mol. The number of rotatable bonds is 8. The number of methoxy groups -OCH3 is 1. The van der Waals surface area contributed by atoms with E-state index in [1.54, 1.807) is 0 Å². The fourth-order valence-electron chi connectivity index (χ4n) is 1.92. The van der Waals surface area contributed by atoms with Crippen molar-refractivity contribution in [2.75, 3.05) is 26.7 Å². The van der Waals surface area contributed by atoms with Gasteiger partial charge in [0.1, 0.15) is 0 Å². The van der Waals surface area contributed by atoms with Gasteiger partial charge in [-0.2, -0.15) is 0 Å². The number of nitrogens with zero attached hydrogens (tertiary/aromatic N) is 2. The van der Waals surface area contributed by atoms with Crippen LogP contribution in [0.15, 0.2) is 24.3 Å². The smallest absolute Gasteiger partial charge is 0.307 e.